The third-order valence-corrected chi connectivity index (χ3v) is 4.91. The van der Waals surface area contributed by atoms with Crippen LogP contribution in [0, 0.1) is 6.92 Å². The van der Waals surface area contributed by atoms with Gasteiger partial charge in [-0.2, -0.15) is 4.98 Å². The molecule has 1 N–H and O–H groups in total. The summed E-state index contributed by atoms with van der Waals surface area (Å²) >= 11 is 5.64. The van der Waals surface area contributed by atoms with E-state index in [0.29, 0.717) is 23.0 Å². The van der Waals surface area contributed by atoms with Gasteiger partial charge in [0.2, 0.25) is 11.7 Å². The van der Waals surface area contributed by atoms with E-state index >= 15 is 0 Å². The van der Waals surface area contributed by atoms with E-state index in [4.69, 9.17) is 16.1 Å². The van der Waals surface area contributed by atoms with Crippen LogP contribution in [0.3, 0.4) is 0 Å². The second-order valence-corrected chi connectivity index (χ2v) is 7.09. The number of halogens is 1. The Kier molecular flexibility index (Phi) is 4.55. The van der Waals surface area contributed by atoms with Crippen molar-refractivity contribution in [3.05, 3.63) is 60.0 Å². The molecule has 2 aromatic carbocycles. The monoisotopic (exact) mass is 363 g/mol. The van der Waals surface area contributed by atoms with Gasteiger partial charge in [0.15, 0.2) is 0 Å². The molecule has 124 valence electrons. The number of rotatable bonds is 5. The number of aromatic nitrogens is 2. The Balaban J connectivity index is 1.87. The largest absolute Gasteiger partial charge is 0.338 e. The van der Waals surface area contributed by atoms with Crippen molar-refractivity contribution in [3.8, 4) is 11.4 Å². The number of nitrogens with one attached hydrogen (secondary N) is 1. The summed E-state index contributed by atoms with van der Waals surface area (Å²) in [5, 5.41) is 3.81. The molecule has 6 nitrogen and oxygen atoms in total. The molecule has 0 bridgehead atoms. The van der Waals surface area contributed by atoms with Crippen LogP contribution in [0.15, 0.2) is 57.9 Å². The van der Waals surface area contributed by atoms with E-state index in [1.54, 1.807) is 48.5 Å². The van der Waals surface area contributed by atoms with Crippen molar-refractivity contribution < 1.29 is 12.9 Å². The van der Waals surface area contributed by atoms with E-state index < -0.39 is 10.0 Å². The van der Waals surface area contributed by atoms with Crippen LogP contribution >= 0.6 is 11.6 Å². The minimum absolute atomic E-state index is 0.118. The third-order valence-electron chi connectivity index (χ3n) is 3.29. The lowest BCUT2D eigenvalue weighted by Crippen LogP contribution is -2.12. The lowest BCUT2D eigenvalue weighted by molar-refractivity contribution is 0.391. The lowest BCUT2D eigenvalue weighted by atomic mass is 10.2. The van der Waals surface area contributed by atoms with Gasteiger partial charge in [0.1, 0.15) is 5.88 Å². The van der Waals surface area contributed by atoms with E-state index in [1.165, 1.54) is 0 Å². The number of nitrogens with zero attached hydrogens (tertiary/aromatic N) is 2. The van der Waals surface area contributed by atoms with E-state index in [9.17, 15) is 8.42 Å². The van der Waals surface area contributed by atoms with Crippen LogP contribution in [0.1, 0.15) is 11.5 Å². The predicted molar refractivity (Wildman–Crippen MR) is 91.3 cm³/mol. The normalized spacial score (nSPS) is 11.4. The van der Waals surface area contributed by atoms with Gasteiger partial charge in [-0.3, -0.25) is 4.72 Å². The first-order chi connectivity index (χ1) is 11.5. The highest BCUT2D eigenvalue weighted by Gasteiger charge is 2.15. The molecule has 1 heterocycles. The molecular weight excluding hydrogens is 350 g/mol. The maximum atomic E-state index is 12.4. The molecule has 3 rings (SSSR count). The van der Waals surface area contributed by atoms with Gasteiger partial charge in [0, 0.05) is 11.3 Å². The standard InChI is InChI=1S/C16H14ClN3O3S/c1-11-5-7-14(8-6-11)24(21,22)20-13-4-2-3-12(9-13)16-18-15(10-17)23-19-16/h2-9,20H,10H2,1H3. The molecule has 0 aliphatic rings. The molecule has 8 heteroatoms. The summed E-state index contributed by atoms with van der Waals surface area (Å²) in [5.41, 5.74) is 2.02. The fourth-order valence-corrected chi connectivity index (χ4v) is 3.24. The fraction of sp³-hybridized carbons (Fsp3) is 0.125. The average Bonchev–Trinajstić information content (AvgIpc) is 3.04. The minimum Gasteiger partial charge on any atom is -0.338 e. The molecule has 0 aliphatic carbocycles. The van der Waals surface area contributed by atoms with Crippen LogP contribution in [-0.4, -0.2) is 18.6 Å². The summed E-state index contributed by atoms with van der Waals surface area (Å²) in [4.78, 5) is 4.31. The van der Waals surface area contributed by atoms with Crippen LogP contribution in [0.2, 0.25) is 0 Å². The van der Waals surface area contributed by atoms with Gasteiger partial charge in [-0.25, -0.2) is 8.42 Å². The molecule has 3 aromatic rings. The van der Waals surface area contributed by atoms with Crippen molar-refractivity contribution in [2.45, 2.75) is 17.7 Å². The Morgan fingerprint density at radius 2 is 1.92 bits per heavy atom. The number of benzene rings is 2. The Hall–Kier alpha value is -2.38. The van der Waals surface area contributed by atoms with Gasteiger partial charge in [-0.05, 0) is 31.2 Å². The number of anilines is 1. The van der Waals surface area contributed by atoms with Crippen molar-refractivity contribution in [1.29, 1.82) is 0 Å². The first kappa shape index (κ1) is 16.5. The summed E-state index contributed by atoms with van der Waals surface area (Å²) in [6.07, 6.45) is 0. The third kappa shape index (κ3) is 3.58. The minimum atomic E-state index is -3.66. The molecule has 0 atom stereocenters. The van der Waals surface area contributed by atoms with Gasteiger partial charge >= 0.3 is 0 Å². The first-order valence-corrected chi connectivity index (χ1v) is 9.08. The molecule has 0 radical (unpaired) electrons. The van der Waals surface area contributed by atoms with Crippen molar-refractivity contribution in [2.75, 3.05) is 4.72 Å². The molecule has 0 unspecified atom stereocenters. The second-order valence-electron chi connectivity index (χ2n) is 5.14. The summed E-state index contributed by atoms with van der Waals surface area (Å²) in [6, 6.07) is 13.4. The van der Waals surface area contributed by atoms with Crippen molar-refractivity contribution >= 4 is 27.3 Å². The van der Waals surface area contributed by atoms with Crippen LogP contribution in [0.5, 0.6) is 0 Å². The van der Waals surface area contributed by atoms with Crippen LogP contribution < -0.4 is 4.72 Å². The highest BCUT2D eigenvalue weighted by Crippen LogP contribution is 2.23. The second kappa shape index (κ2) is 6.62. The molecule has 0 saturated heterocycles. The number of hydrogen-bond acceptors (Lipinski definition) is 5. The maximum absolute atomic E-state index is 12.4. The quantitative estimate of drug-likeness (QED) is 0.700. The number of sulfonamides is 1. The Morgan fingerprint density at radius 1 is 1.17 bits per heavy atom. The maximum Gasteiger partial charge on any atom is 0.261 e. The van der Waals surface area contributed by atoms with Crippen LogP contribution in [-0.2, 0) is 15.9 Å². The average molecular weight is 364 g/mol. The zero-order valence-electron chi connectivity index (χ0n) is 12.7. The smallest absolute Gasteiger partial charge is 0.261 e. The fourth-order valence-electron chi connectivity index (χ4n) is 2.08. The molecular formula is C16H14ClN3O3S. The van der Waals surface area contributed by atoms with Gasteiger partial charge in [-0.1, -0.05) is 35.0 Å². The highest BCUT2D eigenvalue weighted by molar-refractivity contribution is 7.92. The van der Waals surface area contributed by atoms with E-state index in [1.807, 2.05) is 6.92 Å². The van der Waals surface area contributed by atoms with Gasteiger partial charge < -0.3 is 4.52 Å². The number of aryl methyl sites for hydroxylation is 1. The Bertz CT molecular complexity index is 953. The van der Waals surface area contributed by atoms with Crippen LogP contribution in [0.25, 0.3) is 11.4 Å². The lowest BCUT2D eigenvalue weighted by Gasteiger charge is -2.09. The molecule has 0 aliphatic heterocycles. The number of alkyl halides is 1. The summed E-state index contributed by atoms with van der Waals surface area (Å²) in [7, 11) is -3.66. The molecule has 0 spiro atoms. The molecule has 0 amide bonds. The molecule has 0 saturated carbocycles. The number of hydrogen-bond donors (Lipinski definition) is 1. The van der Waals surface area contributed by atoms with Crippen molar-refractivity contribution in [2.24, 2.45) is 0 Å². The summed E-state index contributed by atoms with van der Waals surface area (Å²) < 4.78 is 32.4. The summed E-state index contributed by atoms with van der Waals surface area (Å²) in [6.45, 7) is 1.90. The van der Waals surface area contributed by atoms with Gasteiger partial charge in [0.05, 0.1) is 4.90 Å². The summed E-state index contributed by atoms with van der Waals surface area (Å²) in [5.74, 6) is 0.770. The van der Waals surface area contributed by atoms with Crippen molar-refractivity contribution in [1.82, 2.24) is 10.1 Å². The Morgan fingerprint density at radius 3 is 2.58 bits per heavy atom. The zero-order chi connectivity index (χ0) is 17.2. The van der Waals surface area contributed by atoms with Gasteiger partial charge in [-0.15, -0.1) is 11.6 Å². The van der Waals surface area contributed by atoms with E-state index in [0.717, 1.165) is 5.56 Å². The van der Waals surface area contributed by atoms with E-state index in [2.05, 4.69) is 14.9 Å². The molecule has 0 fully saturated rings. The molecule has 1 aromatic heterocycles. The highest BCUT2D eigenvalue weighted by atomic mass is 35.5. The SMILES string of the molecule is Cc1ccc(S(=O)(=O)Nc2cccc(-c3noc(CCl)n3)c2)cc1. The predicted octanol–water partition coefficient (Wildman–Crippen LogP) is 3.58. The first-order valence-electron chi connectivity index (χ1n) is 7.06. The van der Waals surface area contributed by atoms with Gasteiger partial charge in [0.25, 0.3) is 10.0 Å². The van der Waals surface area contributed by atoms with E-state index in [-0.39, 0.29) is 10.8 Å². The van der Waals surface area contributed by atoms with Crippen molar-refractivity contribution in [3.63, 3.8) is 0 Å². The zero-order valence-corrected chi connectivity index (χ0v) is 14.3. The Labute approximate surface area is 144 Å². The topological polar surface area (TPSA) is 85.1 Å². The molecule has 24 heavy (non-hydrogen) atoms. The van der Waals surface area contributed by atoms with Crippen LogP contribution in [0.4, 0.5) is 5.69 Å².